The molecule has 1 amide bonds. The van der Waals surface area contributed by atoms with Crippen molar-refractivity contribution in [2.75, 3.05) is 26.3 Å². The number of aliphatic hydroxyl groups is 1. The fourth-order valence-corrected chi connectivity index (χ4v) is 4.50. The second kappa shape index (κ2) is 8.42. The number of aryl methyl sites for hydroxylation is 6. The minimum absolute atomic E-state index is 0.0616. The maximum atomic E-state index is 13.6. The van der Waals surface area contributed by atoms with E-state index in [2.05, 4.69) is 12.1 Å². The second-order valence-electron chi connectivity index (χ2n) is 8.18. The molecule has 2 aromatic rings. The number of benzene rings is 2. The van der Waals surface area contributed by atoms with Crippen LogP contribution in [0.4, 0.5) is 0 Å². The highest BCUT2D eigenvalue weighted by Crippen LogP contribution is 2.34. The van der Waals surface area contributed by atoms with Gasteiger partial charge in [0.2, 0.25) is 0 Å². The molecule has 0 aromatic heterocycles. The Morgan fingerprint density at radius 2 is 1.21 bits per heavy atom. The van der Waals surface area contributed by atoms with Gasteiger partial charge in [-0.05, 0) is 69.4 Å². The SMILES string of the molecule is Cc1cc(C)c(/C(O)=C(\C(=O)N2CCOCC2)c2c(C)cc(C)cc2C)c(C)c1. The molecule has 4 heteroatoms. The van der Waals surface area contributed by atoms with Gasteiger partial charge >= 0.3 is 0 Å². The van der Waals surface area contributed by atoms with Crippen LogP contribution in [0, 0.1) is 41.5 Å². The van der Waals surface area contributed by atoms with E-state index in [0.717, 1.165) is 44.5 Å². The molecule has 0 unspecified atom stereocenters. The number of hydrogen-bond donors (Lipinski definition) is 1. The van der Waals surface area contributed by atoms with E-state index in [1.807, 2.05) is 53.7 Å². The molecule has 1 saturated heterocycles. The van der Waals surface area contributed by atoms with Crippen LogP contribution in [0.15, 0.2) is 24.3 Å². The molecule has 1 fully saturated rings. The highest BCUT2D eigenvalue weighted by molar-refractivity contribution is 6.26. The van der Waals surface area contributed by atoms with Crippen molar-refractivity contribution in [3.63, 3.8) is 0 Å². The first-order chi connectivity index (χ1) is 13.7. The normalized spacial score (nSPS) is 15.3. The molecule has 0 aliphatic carbocycles. The van der Waals surface area contributed by atoms with Crippen LogP contribution < -0.4 is 0 Å². The monoisotopic (exact) mass is 393 g/mol. The summed E-state index contributed by atoms with van der Waals surface area (Å²) in [6.07, 6.45) is 0. The molecule has 29 heavy (non-hydrogen) atoms. The van der Waals surface area contributed by atoms with Gasteiger partial charge in [0, 0.05) is 18.7 Å². The third kappa shape index (κ3) is 4.23. The summed E-state index contributed by atoms with van der Waals surface area (Å²) in [6.45, 7) is 14.2. The Hall–Kier alpha value is -2.59. The summed E-state index contributed by atoms with van der Waals surface area (Å²) >= 11 is 0. The number of ether oxygens (including phenoxy) is 1. The highest BCUT2D eigenvalue weighted by Gasteiger charge is 2.29. The van der Waals surface area contributed by atoms with Crippen molar-refractivity contribution in [3.05, 3.63) is 68.8 Å². The first-order valence-electron chi connectivity index (χ1n) is 10.2. The van der Waals surface area contributed by atoms with E-state index in [9.17, 15) is 9.90 Å². The Bertz CT molecular complexity index is 936. The molecule has 4 nitrogen and oxygen atoms in total. The molecule has 154 valence electrons. The highest BCUT2D eigenvalue weighted by atomic mass is 16.5. The number of carbonyl (C=O) groups excluding carboxylic acids is 1. The van der Waals surface area contributed by atoms with Crippen LogP contribution in [-0.4, -0.2) is 42.2 Å². The Labute approximate surface area is 173 Å². The fraction of sp³-hybridized carbons (Fsp3) is 0.400. The lowest BCUT2D eigenvalue weighted by atomic mass is 9.88. The predicted molar refractivity (Wildman–Crippen MR) is 118 cm³/mol. The van der Waals surface area contributed by atoms with Gasteiger partial charge in [-0.15, -0.1) is 0 Å². The van der Waals surface area contributed by atoms with Crippen LogP contribution in [0.5, 0.6) is 0 Å². The molecule has 0 atom stereocenters. The number of aliphatic hydroxyl groups excluding tert-OH is 1. The van der Waals surface area contributed by atoms with Crippen molar-refractivity contribution in [3.8, 4) is 0 Å². The topological polar surface area (TPSA) is 49.8 Å². The quantitative estimate of drug-likeness (QED) is 0.462. The Morgan fingerprint density at radius 3 is 1.66 bits per heavy atom. The summed E-state index contributed by atoms with van der Waals surface area (Å²) in [5, 5.41) is 11.5. The molecule has 1 aliphatic heterocycles. The van der Waals surface area contributed by atoms with Crippen molar-refractivity contribution >= 4 is 17.2 Å². The number of hydrogen-bond acceptors (Lipinski definition) is 3. The third-order valence-electron chi connectivity index (χ3n) is 5.59. The van der Waals surface area contributed by atoms with Crippen LogP contribution in [-0.2, 0) is 9.53 Å². The molecule has 0 spiro atoms. The maximum absolute atomic E-state index is 13.6. The molecule has 1 N–H and O–H groups in total. The second-order valence-corrected chi connectivity index (χ2v) is 8.18. The van der Waals surface area contributed by atoms with Gasteiger partial charge in [-0.2, -0.15) is 0 Å². The summed E-state index contributed by atoms with van der Waals surface area (Å²) in [4.78, 5) is 15.4. The van der Waals surface area contributed by atoms with Crippen LogP contribution >= 0.6 is 0 Å². The molecule has 0 radical (unpaired) electrons. The van der Waals surface area contributed by atoms with E-state index in [1.165, 1.54) is 0 Å². The summed E-state index contributed by atoms with van der Waals surface area (Å²) in [7, 11) is 0. The summed E-state index contributed by atoms with van der Waals surface area (Å²) < 4.78 is 5.42. The van der Waals surface area contributed by atoms with Gasteiger partial charge in [0.15, 0.2) is 0 Å². The first-order valence-corrected chi connectivity index (χ1v) is 10.2. The molecule has 3 rings (SSSR count). The summed E-state index contributed by atoms with van der Waals surface area (Å²) in [6, 6.07) is 8.22. The minimum Gasteiger partial charge on any atom is -0.506 e. The van der Waals surface area contributed by atoms with Crippen molar-refractivity contribution in [1.29, 1.82) is 0 Å². The van der Waals surface area contributed by atoms with Gasteiger partial charge in [-0.3, -0.25) is 4.79 Å². The van der Waals surface area contributed by atoms with Crippen LogP contribution in [0.1, 0.15) is 44.5 Å². The number of carbonyl (C=O) groups is 1. The molecule has 1 heterocycles. The van der Waals surface area contributed by atoms with E-state index in [1.54, 1.807) is 4.90 Å². The summed E-state index contributed by atoms with van der Waals surface area (Å²) in [5.74, 6) is -0.0771. The van der Waals surface area contributed by atoms with E-state index in [0.29, 0.717) is 31.9 Å². The van der Waals surface area contributed by atoms with Gasteiger partial charge in [-0.1, -0.05) is 35.4 Å². The van der Waals surface area contributed by atoms with Gasteiger partial charge < -0.3 is 14.7 Å². The minimum atomic E-state index is -0.139. The zero-order chi connectivity index (χ0) is 21.3. The molecule has 1 aliphatic rings. The van der Waals surface area contributed by atoms with Gasteiger partial charge in [0.05, 0.1) is 18.8 Å². The van der Waals surface area contributed by atoms with Crippen molar-refractivity contribution in [2.45, 2.75) is 41.5 Å². The summed E-state index contributed by atoms with van der Waals surface area (Å²) in [5.41, 5.74) is 8.16. The lowest BCUT2D eigenvalue weighted by Gasteiger charge is -2.29. The van der Waals surface area contributed by atoms with Crippen molar-refractivity contribution in [2.24, 2.45) is 0 Å². The Kier molecular flexibility index (Phi) is 6.13. The molecule has 2 aromatic carbocycles. The lowest BCUT2D eigenvalue weighted by molar-refractivity contribution is -0.128. The average Bonchev–Trinajstić information content (AvgIpc) is 2.63. The zero-order valence-corrected chi connectivity index (χ0v) is 18.3. The number of morpholine rings is 1. The van der Waals surface area contributed by atoms with E-state index < -0.39 is 0 Å². The molecular weight excluding hydrogens is 362 g/mol. The van der Waals surface area contributed by atoms with Crippen molar-refractivity contribution in [1.82, 2.24) is 4.90 Å². The van der Waals surface area contributed by atoms with E-state index in [-0.39, 0.29) is 11.7 Å². The lowest BCUT2D eigenvalue weighted by Crippen LogP contribution is -2.41. The third-order valence-corrected chi connectivity index (χ3v) is 5.59. The van der Waals surface area contributed by atoms with E-state index >= 15 is 0 Å². The molecular formula is C25H31NO3. The Morgan fingerprint density at radius 1 is 0.793 bits per heavy atom. The zero-order valence-electron chi connectivity index (χ0n) is 18.3. The first kappa shape index (κ1) is 21.1. The maximum Gasteiger partial charge on any atom is 0.258 e. The smallest absolute Gasteiger partial charge is 0.258 e. The average molecular weight is 394 g/mol. The molecule has 0 bridgehead atoms. The molecule has 0 saturated carbocycles. The largest absolute Gasteiger partial charge is 0.506 e. The number of rotatable bonds is 3. The van der Waals surface area contributed by atoms with Gasteiger partial charge in [0.25, 0.3) is 5.91 Å². The van der Waals surface area contributed by atoms with Gasteiger partial charge in [-0.25, -0.2) is 0 Å². The fourth-order valence-electron chi connectivity index (χ4n) is 4.50. The standard InChI is InChI=1S/C25H31NO3/c1-15-11-17(3)21(18(4)12-15)23(25(28)26-7-9-29-10-8-26)24(27)22-19(5)13-16(2)14-20(22)6/h11-14,27H,7-10H2,1-6H3/b24-23+. The van der Waals surface area contributed by atoms with Crippen LogP contribution in [0.25, 0.3) is 11.3 Å². The Balaban J connectivity index is 2.29. The van der Waals surface area contributed by atoms with E-state index in [4.69, 9.17) is 4.74 Å². The number of nitrogens with zero attached hydrogens (tertiary/aromatic N) is 1. The predicted octanol–water partition coefficient (Wildman–Crippen LogP) is 4.82. The van der Waals surface area contributed by atoms with Crippen molar-refractivity contribution < 1.29 is 14.6 Å². The van der Waals surface area contributed by atoms with Gasteiger partial charge in [0.1, 0.15) is 5.76 Å². The van der Waals surface area contributed by atoms with Crippen LogP contribution in [0.2, 0.25) is 0 Å². The van der Waals surface area contributed by atoms with Crippen LogP contribution in [0.3, 0.4) is 0 Å². The number of amides is 1.